The van der Waals surface area contributed by atoms with Crippen LogP contribution in [0.2, 0.25) is 0 Å². The van der Waals surface area contributed by atoms with Gasteiger partial charge >= 0.3 is 13.8 Å². The number of carbonyl (C=O) groups excluding carboxylic acids is 1. The summed E-state index contributed by atoms with van der Waals surface area (Å²) in [4.78, 5) is 22.4. The topological polar surface area (TPSA) is 117 Å². The monoisotopic (exact) mass is 728 g/mol. The number of esters is 1. The molecule has 9 heteroatoms. The van der Waals surface area contributed by atoms with Crippen LogP contribution >= 0.6 is 7.82 Å². The molecule has 0 bridgehead atoms. The molecule has 0 aliphatic rings. The number of hydrogen-bond acceptors (Lipinski definition) is 7. The van der Waals surface area contributed by atoms with Crippen LogP contribution in [0.3, 0.4) is 0 Å². The normalized spacial score (nSPS) is 13.8. The third kappa shape index (κ3) is 37.8. The van der Waals surface area contributed by atoms with Gasteiger partial charge in [0.25, 0.3) is 0 Å². The molecule has 0 aromatic carbocycles. The van der Waals surface area contributed by atoms with Crippen LogP contribution in [0, 0.1) is 0 Å². The molecule has 0 fully saturated rings. The van der Waals surface area contributed by atoms with Crippen molar-refractivity contribution in [3.8, 4) is 0 Å². The smallest absolute Gasteiger partial charge is 0.472 e. The maximum atomic E-state index is 12.5. The summed E-state index contributed by atoms with van der Waals surface area (Å²) in [5, 5.41) is 0. The number of ether oxygens (including phenoxy) is 2. The van der Waals surface area contributed by atoms with Gasteiger partial charge in [0.2, 0.25) is 0 Å². The zero-order chi connectivity index (χ0) is 36.6. The van der Waals surface area contributed by atoms with Crippen LogP contribution in [-0.4, -0.2) is 43.3 Å². The molecule has 0 aromatic heterocycles. The highest BCUT2D eigenvalue weighted by molar-refractivity contribution is 7.47. The van der Waals surface area contributed by atoms with Crippen molar-refractivity contribution in [2.45, 2.75) is 193 Å². The molecule has 294 valence electrons. The molecule has 0 rings (SSSR count). The fraction of sp³-hybridized carbons (Fsp3) is 0.829. The lowest BCUT2D eigenvalue weighted by Gasteiger charge is -2.19. The number of unbranched alkanes of at least 4 members (excludes halogenated alkanes) is 22. The number of phosphoric acid groups is 1. The van der Waals surface area contributed by atoms with Crippen molar-refractivity contribution >= 4 is 13.8 Å². The summed E-state index contributed by atoms with van der Waals surface area (Å²) in [6.45, 7) is 4.16. The van der Waals surface area contributed by atoms with E-state index in [4.69, 9.17) is 24.3 Å². The molecule has 0 heterocycles. The molecule has 0 aromatic rings. The summed E-state index contributed by atoms with van der Waals surface area (Å²) in [5.41, 5.74) is 5.35. The Bertz CT molecular complexity index is 864. The zero-order valence-electron chi connectivity index (χ0n) is 32.4. The van der Waals surface area contributed by atoms with Crippen molar-refractivity contribution in [1.82, 2.24) is 0 Å². The first-order valence-electron chi connectivity index (χ1n) is 20.5. The molecule has 0 saturated carbocycles. The average Bonchev–Trinajstić information content (AvgIpc) is 3.10. The standard InChI is InChI=1S/C41H78NO7P/c1-3-5-7-9-11-13-15-17-19-21-23-25-27-29-31-33-36-46-38-40(39-48-50(44,45)47-37-35-42)49-41(43)34-32-30-28-26-24-22-20-18-16-14-12-10-8-6-4-2/h27-30,33,36,40H,3-26,31-32,34-35,37-39,42H2,1-2H3,(H,44,45). The van der Waals surface area contributed by atoms with Crippen molar-refractivity contribution in [2.75, 3.05) is 26.4 Å². The molecule has 50 heavy (non-hydrogen) atoms. The second-order valence-corrected chi connectivity index (χ2v) is 15.0. The first kappa shape index (κ1) is 48.6. The third-order valence-electron chi connectivity index (χ3n) is 8.64. The van der Waals surface area contributed by atoms with Crippen molar-refractivity contribution in [2.24, 2.45) is 5.73 Å². The van der Waals surface area contributed by atoms with Gasteiger partial charge in [-0.2, -0.15) is 0 Å². The molecule has 0 amide bonds. The van der Waals surface area contributed by atoms with E-state index in [0.29, 0.717) is 6.42 Å². The minimum absolute atomic E-state index is 0.00369. The lowest BCUT2D eigenvalue weighted by atomic mass is 10.1. The second-order valence-electron chi connectivity index (χ2n) is 13.6. The number of hydrogen-bond donors (Lipinski definition) is 2. The van der Waals surface area contributed by atoms with Crippen LogP contribution in [0.15, 0.2) is 36.6 Å². The van der Waals surface area contributed by atoms with Gasteiger partial charge in [0.05, 0.1) is 19.5 Å². The van der Waals surface area contributed by atoms with E-state index in [0.717, 1.165) is 19.3 Å². The summed E-state index contributed by atoms with van der Waals surface area (Å²) in [6, 6.07) is 0. The number of nitrogens with two attached hydrogens (primary N) is 1. The highest BCUT2D eigenvalue weighted by Crippen LogP contribution is 2.43. The molecule has 2 atom stereocenters. The molecule has 3 N–H and O–H groups in total. The quantitative estimate of drug-likeness (QED) is 0.0211. The van der Waals surface area contributed by atoms with Gasteiger partial charge in [0.15, 0.2) is 6.10 Å². The van der Waals surface area contributed by atoms with E-state index >= 15 is 0 Å². The van der Waals surface area contributed by atoms with Gasteiger partial charge in [0, 0.05) is 13.0 Å². The Labute approximate surface area is 308 Å². The maximum absolute atomic E-state index is 12.5. The third-order valence-corrected chi connectivity index (χ3v) is 9.62. The highest BCUT2D eigenvalue weighted by Gasteiger charge is 2.25. The van der Waals surface area contributed by atoms with Crippen LogP contribution < -0.4 is 5.73 Å². The van der Waals surface area contributed by atoms with Crippen LogP contribution in [-0.2, 0) is 27.9 Å². The Hall–Kier alpha value is -1.44. The number of rotatable bonds is 39. The van der Waals surface area contributed by atoms with Gasteiger partial charge in [-0.05, 0) is 44.6 Å². The molecule has 2 unspecified atom stereocenters. The molecule has 0 saturated heterocycles. The Balaban J connectivity index is 4.19. The van der Waals surface area contributed by atoms with Crippen molar-refractivity contribution < 1.29 is 32.8 Å². The number of phosphoric ester groups is 1. The Morgan fingerprint density at radius 1 is 0.620 bits per heavy atom. The average molecular weight is 728 g/mol. The molecular formula is C41H78NO7P. The molecule has 0 aliphatic heterocycles. The SMILES string of the molecule is CCCCCCCCCCCCCC=CCC=COCC(COP(=O)(O)OCCN)OC(=O)CCC=CCCCCCCCCCCCCC. The lowest BCUT2D eigenvalue weighted by Crippen LogP contribution is -2.27. The Morgan fingerprint density at radius 3 is 1.58 bits per heavy atom. The highest BCUT2D eigenvalue weighted by atomic mass is 31.2. The molecule has 0 spiro atoms. The van der Waals surface area contributed by atoms with Crippen LogP contribution in [0.25, 0.3) is 0 Å². The van der Waals surface area contributed by atoms with E-state index in [1.54, 1.807) is 6.26 Å². The Morgan fingerprint density at radius 2 is 1.08 bits per heavy atom. The second kappa shape index (κ2) is 38.8. The minimum Gasteiger partial charge on any atom is -0.498 e. The first-order valence-corrected chi connectivity index (χ1v) is 22.0. The minimum atomic E-state index is -4.30. The summed E-state index contributed by atoms with van der Waals surface area (Å²) in [6.07, 6.45) is 44.2. The zero-order valence-corrected chi connectivity index (χ0v) is 33.3. The molecule has 0 radical (unpaired) electrons. The largest absolute Gasteiger partial charge is 0.498 e. The van der Waals surface area contributed by atoms with E-state index in [2.05, 4.69) is 32.1 Å². The van der Waals surface area contributed by atoms with Crippen LogP contribution in [0.5, 0.6) is 0 Å². The van der Waals surface area contributed by atoms with E-state index in [-0.39, 0.29) is 32.8 Å². The van der Waals surface area contributed by atoms with E-state index in [1.807, 2.05) is 12.2 Å². The van der Waals surface area contributed by atoms with Gasteiger partial charge in [-0.3, -0.25) is 13.8 Å². The van der Waals surface area contributed by atoms with Gasteiger partial charge in [-0.1, -0.05) is 167 Å². The van der Waals surface area contributed by atoms with Gasteiger partial charge in [-0.25, -0.2) is 4.57 Å². The summed E-state index contributed by atoms with van der Waals surface area (Å²) >= 11 is 0. The maximum Gasteiger partial charge on any atom is 0.472 e. The predicted octanol–water partition coefficient (Wildman–Crippen LogP) is 12.2. The van der Waals surface area contributed by atoms with E-state index < -0.39 is 19.9 Å². The van der Waals surface area contributed by atoms with Crippen molar-refractivity contribution in [3.05, 3.63) is 36.6 Å². The molecule has 8 nitrogen and oxygen atoms in total. The van der Waals surface area contributed by atoms with Crippen LogP contribution in [0.4, 0.5) is 0 Å². The van der Waals surface area contributed by atoms with Gasteiger partial charge in [0.1, 0.15) is 6.61 Å². The van der Waals surface area contributed by atoms with Crippen molar-refractivity contribution in [3.63, 3.8) is 0 Å². The number of allylic oxidation sites excluding steroid dienone is 5. The van der Waals surface area contributed by atoms with Crippen LogP contribution in [0.1, 0.15) is 187 Å². The predicted molar refractivity (Wildman–Crippen MR) is 210 cm³/mol. The number of carbonyl (C=O) groups is 1. The lowest BCUT2D eigenvalue weighted by molar-refractivity contribution is -0.153. The molecule has 0 aliphatic carbocycles. The Kier molecular flexibility index (Phi) is 37.7. The van der Waals surface area contributed by atoms with E-state index in [9.17, 15) is 14.3 Å². The fourth-order valence-corrected chi connectivity index (χ4v) is 6.38. The fourth-order valence-electron chi connectivity index (χ4n) is 5.61. The molecular weight excluding hydrogens is 649 g/mol. The summed E-state index contributed by atoms with van der Waals surface area (Å²) in [7, 11) is -4.30. The van der Waals surface area contributed by atoms with E-state index in [1.165, 1.54) is 141 Å². The van der Waals surface area contributed by atoms with Gasteiger partial charge in [-0.15, -0.1) is 0 Å². The summed E-state index contributed by atoms with van der Waals surface area (Å²) in [5.74, 6) is -0.411. The van der Waals surface area contributed by atoms with Gasteiger partial charge < -0.3 is 20.1 Å². The van der Waals surface area contributed by atoms with Crippen molar-refractivity contribution in [1.29, 1.82) is 0 Å². The summed E-state index contributed by atoms with van der Waals surface area (Å²) < 4.78 is 33.0. The first-order chi connectivity index (χ1) is 24.4.